The van der Waals surface area contributed by atoms with E-state index >= 15 is 0 Å². The van der Waals surface area contributed by atoms with Crippen molar-refractivity contribution in [2.24, 2.45) is 5.92 Å². The second-order valence-corrected chi connectivity index (χ2v) is 6.66. The van der Waals surface area contributed by atoms with Gasteiger partial charge < -0.3 is 9.88 Å². The Kier molecular flexibility index (Phi) is 4.10. The van der Waals surface area contributed by atoms with Gasteiger partial charge in [-0.2, -0.15) is 0 Å². The Morgan fingerprint density at radius 3 is 3.00 bits per heavy atom. The van der Waals surface area contributed by atoms with Crippen LogP contribution in [0.5, 0.6) is 0 Å². The molecule has 4 rings (SSSR count). The number of hydrogen-bond acceptors (Lipinski definition) is 2. The van der Waals surface area contributed by atoms with Gasteiger partial charge in [0.25, 0.3) is 0 Å². The van der Waals surface area contributed by atoms with Crippen molar-refractivity contribution in [3.05, 3.63) is 67.0 Å². The number of fused-ring (bicyclic) bond motifs is 1. The van der Waals surface area contributed by atoms with Gasteiger partial charge in [0.15, 0.2) is 0 Å². The normalized spacial score (nSPS) is 17.1. The molecule has 1 saturated heterocycles. The highest BCUT2D eigenvalue weighted by molar-refractivity contribution is 5.93. The van der Waals surface area contributed by atoms with Crippen LogP contribution in [0.4, 0.5) is 0 Å². The summed E-state index contributed by atoms with van der Waals surface area (Å²) in [5.41, 5.74) is 4.51. The number of carbonyl (C=O) groups is 1. The van der Waals surface area contributed by atoms with Crippen LogP contribution in [0.15, 0.2) is 61.4 Å². The lowest BCUT2D eigenvalue weighted by atomic mass is 9.98. The molecule has 0 unspecified atom stereocenters. The van der Waals surface area contributed by atoms with E-state index < -0.39 is 0 Å². The van der Waals surface area contributed by atoms with Crippen LogP contribution in [-0.4, -0.2) is 33.9 Å². The van der Waals surface area contributed by atoms with Crippen LogP contribution in [0.25, 0.3) is 22.2 Å². The van der Waals surface area contributed by atoms with Gasteiger partial charge in [-0.1, -0.05) is 36.9 Å². The van der Waals surface area contributed by atoms with Crippen LogP contribution < -0.4 is 0 Å². The van der Waals surface area contributed by atoms with Crippen molar-refractivity contribution in [3.63, 3.8) is 0 Å². The second-order valence-electron chi connectivity index (χ2n) is 6.66. The highest BCUT2D eigenvalue weighted by atomic mass is 16.2. The Bertz CT molecular complexity index is 913. The molecule has 0 saturated carbocycles. The zero-order valence-electron chi connectivity index (χ0n) is 14.1. The van der Waals surface area contributed by atoms with Crippen molar-refractivity contribution in [1.82, 2.24) is 14.9 Å². The number of aromatic amines is 1. The van der Waals surface area contributed by atoms with Gasteiger partial charge in [0.1, 0.15) is 5.65 Å². The number of rotatable bonds is 4. The number of benzene rings is 1. The second kappa shape index (κ2) is 6.55. The van der Waals surface area contributed by atoms with E-state index in [0.717, 1.165) is 37.0 Å². The number of H-pyrrole nitrogens is 1. The van der Waals surface area contributed by atoms with Crippen molar-refractivity contribution >= 4 is 16.9 Å². The zero-order valence-corrected chi connectivity index (χ0v) is 14.1. The molecule has 25 heavy (non-hydrogen) atoms. The van der Waals surface area contributed by atoms with Crippen molar-refractivity contribution in [1.29, 1.82) is 0 Å². The predicted octanol–water partition coefficient (Wildman–Crippen LogP) is 3.81. The zero-order chi connectivity index (χ0) is 17.2. The van der Waals surface area contributed by atoms with Gasteiger partial charge in [-0.15, -0.1) is 0 Å². The van der Waals surface area contributed by atoms with E-state index in [1.807, 2.05) is 23.4 Å². The Balaban J connectivity index is 1.57. The molecule has 3 heterocycles. The fraction of sp³-hybridized carbons (Fsp3) is 0.238. The number of nitrogens with one attached hydrogen (secondary N) is 1. The topological polar surface area (TPSA) is 49.0 Å². The summed E-state index contributed by atoms with van der Waals surface area (Å²) in [5, 5.41) is 1.15. The van der Waals surface area contributed by atoms with E-state index in [9.17, 15) is 4.79 Å². The molecule has 126 valence electrons. The predicted molar refractivity (Wildman–Crippen MR) is 100 cm³/mol. The van der Waals surface area contributed by atoms with E-state index in [1.54, 1.807) is 0 Å². The summed E-state index contributed by atoms with van der Waals surface area (Å²) in [6.45, 7) is 5.21. The molecule has 1 aromatic carbocycles. The Morgan fingerprint density at radius 1 is 1.36 bits per heavy atom. The maximum absolute atomic E-state index is 11.7. The first kappa shape index (κ1) is 15.6. The van der Waals surface area contributed by atoms with Gasteiger partial charge in [0, 0.05) is 36.4 Å². The molecule has 1 fully saturated rings. The summed E-state index contributed by atoms with van der Waals surface area (Å²) < 4.78 is 0. The Hall–Kier alpha value is -2.88. The van der Waals surface area contributed by atoms with Gasteiger partial charge in [-0.05, 0) is 42.0 Å². The molecule has 1 aliphatic heterocycles. The fourth-order valence-electron chi connectivity index (χ4n) is 3.68. The van der Waals surface area contributed by atoms with Crippen molar-refractivity contribution in [3.8, 4) is 11.1 Å². The molecule has 1 N–H and O–H groups in total. The van der Waals surface area contributed by atoms with Gasteiger partial charge in [0.05, 0.1) is 0 Å². The smallest absolute Gasteiger partial charge is 0.245 e. The lowest BCUT2D eigenvalue weighted by Gasteiger charge is -2.14. The highest BCUT2D eigenvalue weighted by Crippen LogP contribution is 2.29. The van der Waals surface area contributed by atoms with Crippen molar-refractivity contribution < 1.29 is 4.79 Å². The van der Waals surface area contributed by atoms with Gasteiger partial charge in [-0.25, -0.2) is 4.98 Å². The monoisotopic (exact) mass is 331 g/mol. The molecule has 1 amide bonds. The van der Waals surface area contributed by atoms with Crippen molar-refractivity contribution in [2.75, 3.05) is 13.1 Å². The quantitative estimate of drug-likeness (QED) is 0.739. The highest BCUT2D eigenvalue weighted by Gasteiger charge is 2.25. The van der Waals surface area contributed by atoms with Gasteiger partial charge >= 0.3 is 0 Å². The molecule has 4 nitrogen and oxygen atoms in total. The molecular weight excluding hydrogens is 310 g/mol. The maximum atomic E-state index is 11.7. The molecule has 2 aromatic heterocycles. The molecule has 4 heteroatoms. The third-order valence-corrected chi connectivity index (χ3v) is 4.97. The van der Waals surface area contributed by atoms with Gasteiger partial charge in [-0.3, -0.25) is 4.79 Å². The maximum Gasteiger partial charge on any atom is 0.245 e. The third kappa shape index (κ3) is 3.07. The number of hydrogen-bond donors (Lipinski definition) is 1. The lowest BCUT2D eigenvalue weighted by molar-refractivity contribution is -0.125. The molecule has 0 radical (unpaired) electrons. The summed E-state index contributed by atoms with van der Waals surface area (Å²) in [4.78, 5) is 21.5. The first-order valence-corrected chi connectivity index (χ1v) is 8.67. The molecule has 0 spiro atoms. The number of carbonyl (C=O) groups excluding carboxylic acids is 1. The summed E-state index contributed by atoms with van der Waals surface area (Å²) in [7, 11) is 0. The van der Waals surface area contributed by atoms with E-state index in [1.165, 1.54) is 22.8 Å². The molecular formula is C21H21N3O. The van der Waals surface area contributed by atoms with Crippen LogP contribution in [0.2, 0.25) is 0 Å². The summed E-state index contributed by atoms with van der Waals surface area (Å²) >= 11 is 0. The minimum Gasteiger partial charge on any atom is -0.346 e. The summed E-state index contributed by atoms with van der Waals surface area (Å²) in [5.74, 6) is 0.523. The number of likely N-dealkylation sites (tertiary alicyclic amines) is 1. The SMILES string of the molecule is C=CC(=O)N1CC[C@@H](Cc2cnc3[nH]cc(-c4ccccc4)c3c2)C1. The van der Waals surface area contributed by atoms with E-state index in [2.05, 4.69) is 46.9 Å². The first-order chi connectivity index (χ1) is 12.2. The van der Waals surface area contributed by atoms with E-state index in [0.29, 0.717) is 5.92 Å². The average molecular weight is 331 g/mol. The molecule has 1 aliphatic rings. The summed E-state index contributed by atoms with van der Waals surface area (Å²) in [6, 6.07) is 12.6. The number of aromatic nitrogens is 2. The minimum absolute atomic E-state index is 0.0353. The van der Waals surface area contributed by atoms with Crippen LogP contribution in [-0.2, 0) is 11.2 Å². The number of amides is 1. The fourth-order valence-corrected chi connectivity index (χ4v) is 3.68. The van der Waals surface area contributed by atoms with Crippen LogP contribution in [0.1, 0.15) is 12.0 Å². The Labute approximate surface area is 147 Å². The number of nitrogens with zero attached hydrogens (tertiary/aromatic N) is 2. The average Bonchev–Trinajstić information content (AvgIpc) is 3.28. The largest absolute Gasteiger partial charge is 0.346 e. The van der Waals surface area contributed by atoms with Crippen molar-refractivity contribution in [2.45, 2.75) is 12.8 Å². The third-order valence-electron chi connectivity index (χ3n) is 4.97. The number of pyridine rings is 1. The van der Waals surface area contributed by atoms with E-state index in [-0.39, 0.29) is 5.91 Å². The molecule has 3 aromatic rings. The van der Waals surface area contributed by atoms with Crippen LogP contribution in [0, 0.1) is 5.92 Å². The summed E-state index contributed by atoms with van der Waals surface area (Å²) in [6.07, 6.45) is 7.37. The van der Waals surface area contributed by atoms with Crippen LogP contribution >= 0.6 is 0 Å². The first-order valence-electron chi connectivity index (χ1n) is 8.67. The molecule has 0 aliphatic carbocycles. The van der Waals surface area contributed by atoms with Gasteiger partial charge in [0.2, 0.25) is 5.91 Å². The standard InChI is InChI=1S/C21H21N3O/c1-2-20(25)24-9-8-15(14-24)10-16-11-18-19(13-23-21(18)22-12-16)17-6-4-3-5-7-17/h2-7,11-13,15H,1,8-10,14H2,(H,22,23)/t15-/m0/s1. The molecule has 0 bridgehead atoms. The Morgan fingerprint density at radius 2 is 2.20 bits per heavy atom. The van der Waals surface area contributed by atoms with Crippen LogP contribution in [0.3, 0.4) is 0 Å². The minimum atomic E-state index is 0.0353. The lowest BCUT2D eigenvalue weighted by Crippen LogP contribution is -2.26. The molecule has 1 atom stereocenters. The van der Waals surface area contributed by atoms with E-state index in [4.69, 9.17) is 0 Å².